The van der Waals surface area contributed by atoms with E-state index in [-0.39, 0.29) is 12.1 Å². The minimum Gasteiger partial charge on any atom is -0.313 e. The molecule has 0 bridgehead atoms. The van der Waals surface area contributed by atoms with Gasteiger partial charge in [-0.05, 0) is 50.4 Å². The van der Waals surface area contributed by atoms with E-state index < -0.39 is 10.0 Å². The van der Waals surface area contributed by atoms with Crippen LogP contribution >= 0.6 is 0 Å². The molecule has 0 aliphatic heterocycles. The Morgan fingerprint density at radius 3 is 2.33 bits per heavy atom. The van der Waals surface area contributed by atoms with Crippen LogP contribution in [0.3, 0.4) is 0 Å². The smallest absolute Gasteiger partial charge is 0.240 e. The Balaban J connectivity index is 2.07. The fourth-order valence-corrected chi connectivity index (χ4v) is 3.78. The van der Waals surface area contributed by atoms with E-state index in [9.17, 15) is 8.42 Å². The zero-order chi connectivity index (χ0) is 15.5. The maximum atomic E-state index is 12.4. The average molecular weight is 310 g/mol. The van der Waals surface area contributed by atoms with Crippen LogP contribution in [-0.4, -0.2) is 21.5 Å². The van der Waals surface area contributed by atoms with Crippen molar-refractivity contribution in [3.63, 3.8) is 0 Å². The van der Waals surface area contributed by atoms with Crippen molar-refractivity contribution in [2.24, 2.45) is 5.92 Å². The van der Waals surface area contributed by atoms with Gasteiger partial charge in [0.15, 0.2) is 0 Å². The van der Waals surface area contributed by atoms with Crippen LogP contribution in [0.1, 0.15) is 51.1 Å². The van der Waals surface area contributed by atoms with Gasteiger partial charge in [0.2, 0.25) is 10.0 Å². The van der Waals surface area contributed by atoms with Gasteiger partial charge in [-0.1, -0.05) is 31.9 Å². The second kappa shape index (κ2) is 6.90. The summed E-state index contributed by atoms with van der Waals surface area (Å²) in [5, 5.41) is 3.14. The summed E-state index contributed by atoms with van der Waals surface area (Å²) in [6.45, 7) is 4.08. The molecule has 21 heavy (non-hydrogen) atoms. The Labute approximate surface area is 128 Å². The summed E-state index contributed by atoms with van der Waals surface area (Å²) < 4.78 is 27.7. The fourth-order valence-electron chi connectivity index (χ4n) is 2.44. The summed E-state index contributed by atoms with van der Waals surface area (Å²) in [6.07, 6.45) is 4.29. The van der Waals surface area contributed by atoms with Crippen molar-refractivity contribution >= 4 is 10.0 Å². The lowest BCUT2D eigenvalue weighted by molar-refractivity contribution is 0.495. The zero-order valence-corrected chi connectivity index (χ0v) is 13.9. The summed E-state index contributed by atoms with van der Waals surface area (Å²) >= 11 is 0. The number of hydrogen-bond acceptors (Lipinski definition) is 3. The van der Waals surface area contributed by atoms with Crippen LogP contribution in [0.5, 0.6) is 0 Å². The normalized spacial score (nSPS) is 18.4. The number of nitrogens with one attached hydrogen (secondary N) is 2. The first kappa shape index (κ1) is 16.5. The van der Waals surface area contributed by atoms with Crippen LogP contribution in [0.2, 0.25) is 0 Å². The number of benzene rings is 1. The van der Waals surface area contributed by atoms with E-state index >= 15 is 0 Å². The highest BCUT2D eigenvalue weighted by atomic mass is 32.2. The minimum atomic E-state index is -3.41. The molecule has 0 radical (unpaired) electrons. The van der Waals surface area contributed by atoms with E-state index in [4.69, 9.17) is 0 Å². The maximum Gasteiger partial charge on any atom is 0.240 e. The first-order chi connectivity index (χ1) is 9.96. The van der Waals surface area contributed by atoms with Gasteiger partial charge in [-0.15, -0.1) is 0 Å². The van der Waals surface area contributed by atoms with Crippen molar-refractivity contribution < 1.29 is 8.42 Å². The van der Waals surface area contributed by atoms with Crippen LogP contribution in [0.15, 0.2) is 29.2 Å². The van der Waals surface area contributed by atoms with Gasteiger partial charge in [0, 0.05) is 12.1 Å². The maximum absolute atomic E-state index is 12.4. The third-order valence-corrected chi connectivity index (χ3v) is 5.79. The van der Waals surface area contributed by atoms with Gasteiger partial charge < -0.3 is 5.32 Å². The Kier molecular flexibility index (Phi) is 5.41. The molecule has 1 aliphatic carbocycles. The highest BCUT2D eigenvalue weighted by Gasteiger charge is 2.27. The standard InChI is InChI=1S/C16H26N2O2S/c1-4-15(11-13-5-6-13)18-21(19,20)16-9-7-14(8-10-16)12(2)17-3/h7-10,12-13,15,17-18H,4-6,11H2,1-3H3. The third-order valence-electron chi connectivity index (χ3n) is 4.25. The van der Waals surface area contributed by atoms with E-state index in [2.05, 4.69) is 10.0 Å². The number of rotatable bonds is 8. The van der Waals surface area contributed by atoms with E-state index in [1.54, 1.807) is 12.1 Å². The molecular formula is C16H26N2O2S. The third kappa shape index (κ3) is 4.53. The first-order valence-electron chi connectivity index (χ1n) is 7.75. The van der Waals surface area contributed by atoms with Crippen molar-refractivity contribution in [1.29, 1.82) is 0 Å². The van der Waals surface area contributed by atoms with Crippen molar-refractivity contribution in [3.8, 4) is 0 Å². The van der Waals surface area contributed by atoms with Crippen molar-refractivity contribution in [2.75, 3.05) is 7.05 Å². The lowest BCUT2D eigenvalue weighted by Gasteiger charge is -2.17. The summed E-state index contributed by atoms with van der Waals surface area (Å²) in [4.78, 5) is 0.351. The molecule has 1 aromatic carbocycles. The molecular weight excluding hydrogens is 284 g/mol. The number of sulfonamides is 1. The average Bonchev–Trinajstić information content (AvgIpc) is 3.29. The molecule has 1 aromatic rings. The summed E-state index contributed by atoms with van der Waals surface area (Å²) in [7, 11) is -1.52. The summed E-state index contributed by atoms with van der Waals surface area (Å²) in [5.41, 5.74) is 1.08. The van der Waals surface area contributed by atoms with Gasteiger partial charge in [0.05, 0.1) is 4.90 Å². The van der Waals surface area contributed by atoms with Crippen molar-refractivity contribution in [3.05, 3.63) is 29.8 Å². The molecule has 5 heteroatoms. The molecule has 2 atom stereocenters. The number of hydrogen-bond donors (Lipinski definition) is 2. The van der Waals surface area contributed by atoms with Gasteiger partial charge in [0.1, 0.15) is 0 Å². The molecule has 2 unspecified atom stereocenters. The van der Waals surface area contributed by atoms with Gasteiger partial charge in [-0.25, -0.2) is 13.1 Å². The van der Waals surface area contributed by atoms with Crippen LogP contribution in [0.4, 0.5) is 0 Å². The first-order valence-corrected chi connectivity index (χ1v) is 9.24. The molecule has 2 rings (SSSR count). The van der Waals surface area contributed by atoms with Crippen LogP contribution in [-0.2, 0) is 10.0 Å². The van der Waals surface area contributed by atoms with Gasteiger partial charge in [-0.3, -0.25) is 0 Å². The Morgan fingerprint density at radius 1 is 1.24 bits per heavy atom. The quantitative estimate of drug-likeness (QED) is 0.776. The molecule has 118 valence electrons. The van der Waals surface area contributed by atoms with E-state index in [0.717, 1.165) is 24.3 Å². The molecule has 1 saturated carbocycles. The molecule has 0 saturated heterocycles. The summed E-state index contributed by atoms with van der Waals surface area (Å²) in [6, 6.07) is 7.39. The highest BCUT2D eigenvalue weighted by Crippen LogP contribution is 2.34. The van der Waals surface area contributed by atoms with Gasteiger partial charge in [0.25, 0.3) is 0 Å². The second-order valence-corrected chi connectivity index (χ2v) is 7.70. The SMILES string of the molecule is CCC(CC1CC1)NS(=O)(=O)c1ccc(C(C)NC)cc1. The second-order valence-electron chi connectivity index (χ2n) is 5.98. The molecule has 0 aromatic heterocycles. The summed E-state index contributed by atoms with van der Waals surface area (Å²) in [5.74, 6) is 0.719. The zero-order valence-electron chi connectivity index (χ0n) is 13.1. The molecule has 1 aliphatic rings. The minimum absolute atomic E-state index is 0.0541. The predicted molar refractivity (Wildman–Crippen MR) is 85.7 cm³/mol. The molecule has 4 nitrogen and oxygen atoms in total. The predicted octanol–water partition coefficient (Wildman–Crippen LogP) is 2.82. The topological polar surface area (TPSA) is 58.2 Å². The van der Waals surface area contributed by atoms with Crippen molar-refractivity contribution in [2.45, 2.75) is 56.5 Å². The Bertz CT molecular complexity index is 550. The van der Waals surface area contributed by atoms with E-state index in [0.29, 0.717) is 4.90 Å². The molecule has 0 amide bonds. The van der Waals surface area contributed by atoms with E-state index in [1.807, 2.05) is 33.0 Å². The Hall–Kier alpha value is -0.910. The largest absolute Gasteiger partial charge is 0.313 e. The van der Waals surface area contributed by atoms with Crippen LogP contribution < -0.4 is 10.0 Å². The monoisotopic (exact) mass is 310 g/mol. The van der Waals surface area contributed by atoms with Crippen LogP contribution in [0.25, 0.3) is 0 Å². The molecule has 0 heterocycles. The molecule has 2 N–H and O–H groups in total. The Morgan fingerprint density at radius 2 is 1.86 bits per heavy atom. The van der Waals surface area contributed by atoms with Gasteiger partial charge >= 0.3 is 0 Å². The van der Waals surface area contributed by atoms with Crippen LogP contribution in [0, 0.1) is 5.92 Å². The molecule has 0 spiro atoms. The van der Waals surface area contributed by atoms with E-state index in [1.165, 1.54) is 12.8 Å². The fraction of sp³-hybridized carbons (Fsp3) is 0.625. The lowest BCUT2D eigenvalue weighted by atomic mass is 10.1. The molecule has 1 fully saturated rings. The lowest BCUT2D eigenvalue weighted by Crippen LogP contribution is -2.34. The van der Waals surface area contributed by atoms with Crippen molar-refractivity contribution in [1.82, 2.24) is 10.0 Å². The highest BCUT2D eigenvalue weighted by molar-refractivity contribution is 7.89. The van der Waals surface area contributed by atoms with Gasteiger partial charge in [-0.2, -0.15) is 0 Å².